The first kappa shape index (κ1) is 15.5. The highest BCUT2D eigenvalue weighted by Gasteiger charge is 2.33. The van der Waals surface area contributed by atoms with E-state index in [1.54, 1.807) is 12.1 Å². The third-order valence-electron chi connectivity index (χ3n) is 4.44. The number of nitrogens with zero attached hydrogens (tertiary/aromatic N) is 1. The maximum Gasteiger partial charge on any atom is 0.142 e. The molecule has 0 saturated carbocycles. The molecule has 1 fully saturated rings. The Bertz CT molecular complexity index is 632. The molecule has 2 unspecified atom stereocenters. The lowest BCUT2D eigenvalue weighted by atomic mass is 9.89. The van der Waals surface area contributed by atoms with Crippen molar-refractivity contribution in [3.8, 4) is 0 Å². The van der Waals surface area contributed by atoms with E-state index < -0.39 is 0 Å². The van der Waals surface area contributed by atoms with Crippen molar-refractivity contribution in [3.05, 3.63) is 70.5 Å². The van der Waals surface area contributed by atoms with E-state index in [0.29, 0.717) is 12.5 Å². The van der Waals surface area contributed by atoms with Gasteiger partial charge in [-0.3, -0.25) is 4.90 Å². The van der Waals surface area contributed by atoms with Crippen molar-refractivity contribution < 1.29 is 4.39 Å². The number of likely N-dealkylation sites (tertiary alicyclic amines) is 1. The van der Waals surface area contributed by atoms with Crippen molar-refractivity contribution in [1.82, 2.24) is 4.90 Å². The molecule has 0 amide bonds. The van der Waals surface area contributed by atoms with Crippen LogP contribution in [-0.4, -0.2) is 24.5 Å². The Morgan fingerprint density at radius 2 is 1.91 bits per heavy atom. The maximum atomic E-state index is 13.7. The first-order valence-corrected chi connectivity index (χ1v) is 7.96. The van der Waals surface area contributed by atoms with Crippen molar-refractivity contribution in [1.29, 1.82) is 0 Å². The van der Waals surface area contributed by atoms with Crippen LogP contribution in [0.1, 0.15) is 17.0 Å². The average molecular weight is 319 g/mol. The molecule has 0 aromatic heterocycles. The van der Waals surface area contributed by atoms with E-state index in [1.165, 1.54) is 5.56 Å². The Kier molecular flexibility index (Phi) is 4.77. The van der Waals surface area contributed by atoms with Crippen LogP contribution in [0.25, 0.3) is 0 Å². The van der Waals surface area contributed by atoms with E-state index in [1.807, 2.05) is 12.1 Å². The average Bonchev–Trinajstić information content (AvgIpc) is 2.94. The van der Waals surface area contributed by atoms with Gasteiger partial charge < -0.3 is 5.73 Å². The van der Waals surface area contributed by atoms with Gasteiger partial charge in [0.2, 0.25) is 0 Å². The third kappa shape index (κ3) is 3.32. The van der Waals surface area contributed by atoms with Gasteiger partial charge in [0, 0.05) is 25.6 Å². The highest BCUT2D eigenvalue weighted by molar-refractivity contribution is 6.30. The van der Waals surface area contributed by atoms with E-state index >= 15 is 0 Å². The predicted molar refractivity (Wildman–Crippen MR) is 88.4 cm³/mol. The molecule has 0 aliphatic carbocycles. The monoisotopic (exact) mass is 318 g/mol. The van der Waals surface area contributed by atoms with E-state index in [9.17, 15) is 4.39 Å². The molecule has 1 aliphatic heterocycles. The number of nitrogens with two attached hydrogens (primary N) is 1. The molecule has 1 aliphatic rings. The van der Waals surface area contributed by atoms with Gasteiger partial charge in [-0.15, -0.1) is 0 Å². The van der Waals surface area contributed by atoms with E-state index in [0.717, 1.165) is 25.2 Å². The third-order valence-corrected chi connectivity index (χ3v) is 4.75. The van der Waals surface area contributed by atoms with Crippen LogP contribution in [0.4, 0.5) is 4.39 Å². The zero-order chi connectivity index (χ0) is 15.5. The number of halogens is 2. The highest BCUT2D eigenvalue weighted by Crippen LogP contribution is 2.34. The van der Waals surface area contributed by atoms with Crippen LogP contribution < -0.4 is 5.73 Å². The highest BCUT2D eigenvalue weighted by atomic mass is 35.5. The van der Waals surface area contributed by atoms with Crippen LogP contribution in [-0.2, 0) is 6.54 Å². The van der Waals surface area contributed by atoms with Gasteiger partial charge in [0.15, 0.2) is 0 Å². The van der Waals surface area contributed by atoms with Gasteiger partial charge in [-0.25, -0.2) is 4.39 Å². The van der Waals surface area contributed by atoms with Gasteiger partial charge in [-0.05, 0) is 35.7 Å². The minimum atomic E-state index is -0.351. The number of hydrogen-bond donors (Lipinski definition) is 1. The first-order valence-electron chi connectivity index (χ1n) is 7.58. The molecular formula is C18H20ClFN2. The summed E-state index contributed by atoms with van der Waals surface area (Å²) < 4.78 is 13.7. The van der Waals surface area contributed by atoms with Gasteiger partial charge in [-0.1, -0.05) is 48.0 Å². The Labute approximate surface area is 135 Å². The molecule has 0 bridgehead atoms. The summed E-state index contributed by atoms with van der Waals surface area (Å²) in [4.78, 5) is 2.39. The van der Waals surface area contributed by atoms with Gasteiger partial charge in [0.05, 0.1) is 5.02 Å². The van der Waals surface area contributed by atoms with Crippen molar-refractivity contribution in [3.63, 3.8) is 0 Å². The van der Waals surface area contributed by atoms with Gasteiger partial charge >= 0.3 is 0 Å². The molecular weight excluding hydrogens is 299 g/mol. The summed E-state index contributed by atoms with van der Waals surface area (Å²) in [6.07, 6.45) is 0. The van der Waals surface area contributed by atoms with Crippen LogP contribution in [0.5, 0.6) is 0 Å². The summed E-state index contributed by atoms with van der Waals surface area (Å²) in [5.41, 5.74) is 8.22. The SMILES string of the molecule is NCC1CN(Cc2ccccc2)CC1c1ccc(Cl)c(F)c1. The molecule has 2 aromatic rings. The van der Waals surface area contributed by atoms with Crippen LogP contribution in [0.3, 0.4) is 0 Å². The Morgan fingerprint density at radius 3 is 2.59 bits per heavy atom. The molecule has 1 saturated heterocycles. The topological polar surface area (TPSA) is 29.3 Å². The van der Waals surface area contributed by atoms with Gasteiger partial charge in [0.25, 0.3) is 0 Å². The fourth-order valence-electron chi connectivity index (χ4n) is 3.29. The summed E-state index contributed by atoms with van der Waals surface area (Å²) >= 11 is 5.78. The van der Waals surface area contributed by atoms with Crippen LogP contribution in [0.15, 0.2) is 48.5 Å². The maximum absolute atomic E-state index is 13.7. The Hall–Kier alpha value is -1.42. The molecule has 0 radical (unpaired) electrons. The van der Waals surface area contributed by atoms with Crippen LogP contribution in [0.2, 0.25) is 5.02 Å². The summed E-state index contributed by atoms with van der Waals surface area (Å²) in [6, 6.07) is 15.5. The molecule has 1 heterocycles. The predicted octanol–water partition coefficient (Wildman–Crippen LogP) is 3.65. The number of benzene rings is 2. The zero-order valence-electron chi connectivity index (χ0n) is 12.4. The van der Waals surface area contributed by atoms with E-state index in [-0.39, 0.29) is 16.8 Å². The summed E-state index contributed by atoms with van der Waals surface area (Å²) in [6.45, 7) is 3.36. The van der Waals surface area contributed by atoms with Gasteiger partial charge in [0.1, 0.15) is 5.82 Å². The van der Waals surface area contributed by atoms with Crippen LogP contribution >= 0.6 is 11.6 Å². The van der Waals surface area contributed by atoms with E-state index in [4.69, 9.17) is 17.3 Å². The standard InChI is InChI=1S/C18H20ClFN2/c19-17-7-6-14(8-18(17)20)16-12-22(11-15(16)9-21)10-13-4-2-1-3-5-13/h1-8,15-16H,9-12,21H2. The molecule has 22 heavy (non-hydrogen) atoms. The second kappa shape index (κ2) is 6.78. The molecule has 2 N–H and O–H groups in total. The number of rotatable bonds is 4. The second-order valence-corrected chi connectivity index (χ2v) is 6.36. The van der Waals surface area contributed by atoms with Gasteiger partial charge in [-0.2, -0.15) is 0 Å². The molecule has 2 atom stereocenters. The summed E-state index contributed by atoms with van der Waals surface area (Å²) in [5, 5.41) is 0.173. The lowest BCUT2D eigenvalue weighted by Gasteiger charge is -2.17. The lowest BCUT2D eigenvalue weighted by molar-refractivity contribution is 0.317. The van der Waals surface area contributed by atoms with E-state index in [2.05, 4.69) is 29.2 Å². The quantitative estimate of drug-likeness (QED) is 0.932. The Balaban J connectivity index is 1.75. The fourth-order valence-corrected chi connectivity index (χ4v) is 3.41. The molecule has 2 nitrogen and oxygen atoms in total. The summed E-state index contributed by atoms with van der Waals surface area (Å²) in [5.74, 6) is 0.265. The number of hydrogen-bond acceptors (Lipinski definition) is 2. The van der Waals surface area contributed by atoms with Crippen LogP contribution in [0, 0.1) is 11.7 Å². The van der Waals surface area contributed by atoms with Crippen molar-refractivity contribution >= 4 is 11.6 Å². The molecule has 116 valence electrons. The summed E-state index contributed by atoms with van der Waals surface area (Å²) in [7, 11) is 0. The molecule has 4 heteroatoms. The minimum Gasteiger partial charge on any atom is -0.330 e. The van der Waals surface area contributed by atoms with Crippen molar-refractivity contribution in [2.75, 3.05) is 19.6 Å². The second-order valence-electron chi connectivity index (χ2n) is 5.96. The smallest absolute Gasteiger partial charge is 0.142 e. The lowest BCUT2D eigenvalue weighted by Crippen LogP contribution is -2.23. The van der Waals surface area contributed by atoms with Crippen molar-refractivity contribution in [2.45, 2.75) is 12.5 Å². The minimum absolute atomic E-state index is 0.173. The van der Waals surface area contributed by atoms with Crippen molar-refractivity contribution in [2.24, 2.45) is 11.7 Å². The Morgan fingerprint density at radius 1 is 1.14 bits per heavy atom. The first-order chi connectivity index (χ1) is 10.7. The largest absolute Gasteiger partial charge is 0.330 e. The zero-order valence-corrected chi connectivity index (χ0v) is 13.1. The fraction of sp³-hybridized carbons (Fsp3) is 0.333. The normalized spacial score (nSPS) is 22.1. The molecule has 2 aromatic carbocycles. The molecule has 0 spiro atoms. The molecule has 3 rings (SSSR count).